The predicted molar refractivity (Wildman–Crippen MR) is 93.3 cm³/mol. The van der Waals surface area contributed by atoms with E-state index >= 15 is 0 Å². The van der Waals surface area contributed by atoms with Crippen LogP contribution in [0.5, 0.6) is 0 Å². The summed E-state index contributed by atoms with van der Waals surface area (Å²) >= 11 is 1.67. The summed E-state index contributed by atoms with van der Waals surface area (Å²) < 4.78 is 0. The maximum Gasteiger partial charge on any atom is 0.236 e. The number of aromatic amines is 1. The molecule has 5 nitrogen and oxygen atoms in total. The Morgan fingerprint density at radius 2 is 2.13 bits per heavy atom. The second-order valence-electron chi connectivity index (χ2n) is 6.20. The third-order valence-corrected chi connectivity index (χ3v) is 5.19. The van der Waals surface area contributed by atoms with Gasteiger partial charge in [-0.3, -0.25) is 14.8 Å². The lowest BCUT2D eigenvalue weighted by Crippen LogP contribution is -2.38. The molecule has 124 valence electrons. The van der Waals surface area contributed by atoms with E-state index in [4.69, 9.17) is 0 Å². The van der Waals surface area contributed by atoms with Gasteiger partial charge in [0.15, 0.2) is 0 Å². The highest BCUT2D eigenvalue weighted by Crippen LogP contribution is 2.23. The van der Waals surface area contributed by atoms with Gasteiger partial charge in [0.05, 0.1) is 23.7 Å². The number of thiophene rings is 1. The molecule has 1 aliphatic heterocycles. The van der Waals surface area contributed by atoms with Crippen LogP contribution in [-0.2, 0) is 11.3 Å². The van der Waals surface area contributed by atoms with Crippen LogP contribution in [-0.4, -0.2) is 52.6 Å². The average Bonchev–Trinajstić information content (AvgIpc) is 3.16. The molecule has 0 atom stereocenters. The first-order chi connectivity index (χ1) is 11.2. The number of carbonyl (C=O) groups excluding carboxylic acids is 1. The number of hydrogen-bond acceptors (Lipinski definition) is 4. The fraction of sp³-hybridized carbons (Fsp3) is 0.529. The van der Waals surface area contributed by atoms with Gasteiger partial charge in [0.1, 0.15) is 5.69 Å². The lowest BCUT2D eigenvalue weighted by Gasteiger charge is -2.23. The molecule has 1 saturated heterocycles. The molecule has 2 aromatic heterocycles. The molecule has 0 aliphatic carbocycles. The molecule has 1 aliphatic rings. The normalized spacial score (nSPS) is 16.2. The molecule has 6 heteroatoms. The minimum absolute atomic E-state index is 0.180. The monoisotopic (exact) mass is 332 g/mol. The summed E-state index contributed by atoms with van der Waals surface area (Å²) in [5.74, 6) is 0.180. The number of carbonyl (C=O) groups is 1. The van der Waals surface area contributed by atoms with Crippen LogP contribution in [0.1, 0.15) is 31.4 Å². The predicted octanol–water partition coefficient (Wildman–Crippen LogP) is 2.97. The van der Waals surface area contributed by atoms with E-state index in [1.807, 2.05) is 24.6 Å². The molecule has 0 unspecified atom stereocenters. The van der Waals surface area contributed by atoms with E-state index in [1.165, 1.54) is 25.7 Å². The standard InChI is InChI=1S/C17H24N4OS/c1-20(17(22)13-21-8-4-2-3-5-9-21)12-14-11-15(19-18-14)16-7-6-10-23-16/h6-7,10-11H,2-5,8-9,12-13H2,1H3,(H,18,19). The number of nitrogens with zero attached hydrogens (tertiary/aromatic N) is 3. The number of amides is 1. The number of rotatable bonds is 5. The summed E-state index contributed by atoms with van der Waals surface area (Å²) in [5.41, 5.74) is 1.92. The molecule has 1 N–H and O–H groups in total. The highest BCUT2D eigenvalue weighted by molar-refractivity contribution is 7.13. The van der Waals surface area contributed by atoms with Crippen molar-refractivity contribution < 1.29 is 4.79 Å². The fourth-order valence-electron chi connectivity index (χ4n) is 2.94. The summed E-state index contributed by atoms with van der Waals surface area (Å²) in [6.45, 7) is 3.20. The van der Waals surface area contributed by atoms with Crippen molar-refractivity contribution in [2.45, 2.75) is 32.2 Å². The minimum atomic E-state index is 0.180. The Hall–Kier alpha value is -1.66. The van der Waals surface area contributed by atoms with E-state index in [1.54, 1.807) is 16.2 Å². The van der Waals surface area contributed by atoms with Crippen LogP contribution in [0.4, 0.5) is 0 Å². The first-order valence-electron chi connectivity index (χ1n) is 8.27. The Morgan fingerprint density at radius 3 is 2.83 bits per heavy atom. The van der Waals surface area contributed by atoms with E-state index in [0.717, 1.165) is 29.4 Å². The van der Waals surface area contributed by atoms with Gasteiger partial charge >= 0.3 is 0 Å². The van der Waals surface area contributed by atoms with Crippen molar-refractivity contribution in [1.82, 2.24) is 20.0 Å². The van der Waals surface area contributed by atoms with Gasteiger partial charge in [0.2, 0.25) is 5.91 Å². The second kappa shape index (κ2) is 7.75. The van der Waals surface area contributed by atoms with Crippen molar-refractivity contribution in [3.05, 3.63) is 29.3 Å². The first-order valence-corrected chi connectivity index (χ1v) is 9.15. The average molecular weight is 332 g/mol. The van der Waals surface area contributed by atoms with Gasteiger partial charge in [-0.25, -0.2) is 0 Å². The van der Waals surface area contributed by atoms with Crippen molar-refractivity contribution in [3.8, 4) is 10.6 Å². The zero-order chi connectivity index (χ0) is 16.1. The Bertz CT molecular complexity index is 614. The van der Waals surface area contributed by atoms with Crippen molar-refractivity contribution in [3.63, 3.8) is 0 Å². The summed E-state index contributed by atoms with van der Waals surface area (Å²) in [4.78, 5) is 17.6. The smallest absolute Gasteiger partial charge is 0.236 e. The molecule has 0 bridgehead atoms. The fourth-order valence-corrected chi connectivity index (χ4v) is 3.63. The van der Waals surface area contributed by atoms with Crippen LogP contribution in [0.2, 0.25) is 0 Å². The quantitative estimate of drug-likeness (QED) is 0.916. The van der Waals surface area contributed by atoms with Gasteiger partial charge < -0.3 is 4.90 Å². The zero-order valence-electron chi connectivity index (χ0n) is 13.6. The molecular weight excluding hydrogens is 308 g/mol. The van der Waals surface area contributed by atoms with E-state index in [2.05, 4.69) is 21.2 Å². The SMILES string of the molecule is CN(Cc1cc(-c2cccs2)n[nH]1)C(=O)CN1CCCCCC1. The second-order valence-corrected chi connectivity index (χ2v) is 7.14. The van der Waals surface area contributed by atoms with E-state index in [0.29, 0.717) is 13.1 Å². The summed E-state index contributed by atoms with van der Waals surface area (Å²) in [6, 6.07) is 6.10. The van der Waals surface area contributed by atoms with Gasteiger partial charge in [0.25, 0.3) is 0 Å². The van der Waals surface area contributed by atoms with Crippen LogP contribution in [0.15, 0.2) is 23.6 Å². The summed E-state index contributed by atoms with van der Waals surface area (Å²) in [7, 11) is 1.87. The van der Waals surface area contributed by atoms with Crippen molar-refractivity contribution in [2.24, 2.45) is 0 Å². The third-order valence-electron chi connectivity index (χ3n) is 4.30. The van der Waals surface area contributed by atoms with Gasteiger partial charge in [-0.05, 0) is 43.4 Å². The molecule has 2 aromatic rings. The van der Waals surface area contributed by atoms with E-state index in [9.17, 15) is 4.79 Å². The summed E-state index contributed by atoms with van der Waals surface area (Å²) in [5, 5.41) is 9.42. The lowest BCUT2D eigenvalue weighted by atomic mass is 10.2. The molecule has 3 heterocycles. The van der Waals surface area contributed by atoms with Gasteiger partial charge in [-0.1, -0.05) is 18.9 Å². The minimum Gasteiger partial charge on any atom is -0.339 e. The maximum atomic E-state index is 12.4. The molecule has 23 heavy (non-hydrogen) atoms. The van der Waals surface area contributed by atoms with Crippen molar-refractivity contribution in [2.75, 3.05) is 26.7 Å². The maximum absolute atomic E-state index is 12.4. The van der Waals surface area contributed by atoms with Crippen LogP contribution in [0, 0.1) is 0 Å². The molecular formula is C17H24N4OS. The number of H-pyrrole nitrogens is 1. The highest BCUT2D eigenvalue weighted by Gasteiger charge is 2.17. The molecule has 0 aromatic carbocycles. The lowest BCUT2D eigenvalue weighted by molar-refractivity contribution is -0.131. The Morgan fingerprint density at radius 1 is 1.35 bits per heavy atom. The van der Waals surface area contributed by atoms with Gasteiger partial charge in [-0.2, -0.15) is 5.10 Å². The van der Waals surface area contributed by atoms with Crippen LogP contribution in [0.3, 0.4) is 0 Å². The van der Waals surface area contributed by atoms with Crippen LogP contribution < -0.4 is 0 Å². The van der Waals surface area contributed by atoms with Gasteiger partial charge in [0, 0.05) is 7.05 Å². The molecule has 0 saturated carbocycles. The number of likely N-dealkylation sites (N-methyl/N-ethyl adjacent to an activating group) is 1. The van der Waals surface area contributed by atoms with Crippen LogP contribution >= 0.6 is 11.3 Å². The third kappa shape index (κ3) is 4.42. The number of likely N-dealkylation sites (tertiary alicyclic amines) is 1. The Labute approximate surface area is 141 Å². The highest BCUT2D eigenvalue weighted by atomic mass is 32.1. The van der Waals surface area contributed by atoms with E-state index in [-0.39, 0.29) is 5.91 Å². The van der Waals surface area contributed by atoms with Crippen LogP contribution in [0.25, 0.3) is 10.6 Å². The number of hydrogen-bond donors (Lipinski definition) is 1. The molecule has 0 radical (unpaired) electrons. The molecule has 1 amide bonds. The molecule has 1 fully saturated rings. The number of nitrogens with one attached hydrogen (secondary N) is 1. The first kappa shape index (κ1) is 16.2. The number of aromatic nitrogens is 2. The van der Waals surface area contributed by atoms with Gasteiger partial charge in [-0.15, -0.1) is 11.3 Å². The molecule has 3 rings (SSSR count). The topological polar surface area (TPSA) is 52.2 Å². The zero-order valence-corrected chi connectivity index (χ0v) is 14.4. The van der Waals surface area contributed by atoms with E-state index < -0.39 is 0 Å². The Kier molecular flexibility index (Phi) is 5.46. The largest absolute Gasteiger partial charge is 0.339 e. The summed E-state index contributed by atoms with van der Waals surface area (Å²) in [6.07, 6.45) is 5.00. The van der Waals surface area contributed by atoms with Crippen molar-refractivity contribution >= 4 is 17.2 Å². The molecule has 0 spiro atoms. The Balaban J connectivity index is 1.53. The van der Waals surface area contributed by atoms with Crippen molar-refractivity contribution in [1.29, 1.82) is 0 Å².